The van der Waals surface area contributed by atoms with Crippen LogP contribution in [0.1, 0.15) is 23.5 Å². The van der Waals surface area contributed by atoms with E-state index in [1.807, 2.05) is 31.2 Å². The molecule has 0 aliphatic rings. The van der Waals surface area contributed by atoms with Crippen LogP contribution in [0.15, 0.2) is 42.5 Å². The molecule has 6 heteroatoms. The molecule has 1 aromatic heterocycles. The third kappa shape index (κ3) is 3.78. The van der Waals surface area contributed by atoms with E-state index >= 15 is 0 Å². The lowest BCUT2D eigenvalue weighted by Crippen LogP contribution is -2.31. The number of rotatable bonds is 5. The second-order valence-corrected chi connectivity index (χ2v) is 7.33. The molecular formula is C19H19ClN2O2S. The van der Waals surface area contributed by atoms with Gasteiger partial charge in [0.15, 0.2) is 0 Å². The van der Waals surface area contributed by atoms with Gasteiger partial charge in [0, 0.05) is 17.6 Å². The van der Waals surface area contributed by atoms with Crippen LogP contribution in [0.4, 0.5) is 0 Å². The molecule has 4 nitrogen and oxygen atoms in total. The van der Waals surface area contributed by atoms with Gasteiger partial charge in [-0.05, 0) is 37.3 Å². The molecule has 25 heavy (non-hydrogen) atoms. The molecule has 0 aliphatic heterocycles. The molecule has 0 saturated carbocycles. The van der Waals surface area contributed by atoms with E-state index in [-0.39, 0.29) is 18.4 Å². The highest BCUT2D eigenvalue weighted by molar-refractivity contribution is 7.18. The van der Waals surface area contributed by atoms with E-state index < -0.39 is 0 Å². The summed E-state index contributed by atoms with van der Waals surface area (Å²) in [6.07, 6.45) is 0.232. The lowest BCUT2D eigenvalue weighted by atomic mass is 10.1. The second kappa shape index (κ2) is 7.42. The van der Waals surface area contributed by atoms with E-state index in [2.05, 4.69) is 4.98 Å². The average Bonchev–Trinajstić information content (AvgIpc) is 3.04. The summed E-state index contributed by atoms with van der Waals surface area (Å²) in [5, 5.41) is 1.51. The van der Waals surface area contributed by atoms with Crippen LogP contribution in [0.5, 0.6) is 5.75 Å². The number of fused-ring (bicyclic) bond motifs is 1. The van der Waals surface area contributed by atoms with Gasteiger partial charge in [-0.2, -0.15) is 0 Å². The van der Waals surface area contributed by atoms with Crippen molar-refractivity contribution in [3.63, 3.8) is 0 Å². The molecular weight excluding hydrogens is 356 g/mol. The van der Waals surface area contributed by atoms with Crippen molar-refractivity contribution in [2.24, 2.45) is 0 Å². The molecule has 1 heterocycles. The molecule has 0 spiro atoms. The number of para-hydroxylation sites is 1. The van der Waals surface area contributed by atoms with Gasteiger partial charge in [0.2, 0.25) is 5.91 Å². The molecule has 0 bridgehead atoms. The number of benzene rings is 2. The lowest BCUT2D eigenvalue weighted by molar-refractivity contribution is -0.131. The first-order chi connectivity index (χ1) is 12.0. The molecule has 3 rings (SSSR count). The summed E-state index contributed by atoms with van der Waals surface area (Å²) >= 11 is 7.67. The van der Waals surface area contributed by atoms with Crippen LogP contribution in [0.25, 0.3) is 10.2 Å². The van der Waals surface area contributed by atoms with E-state index in [9.17, 15) is 4.79 Å². The van der Waals surface area contributed by atoms with Crippen molar-refractivity contribution >= 4 is 39.1 Å². The number of thiazole rings is 1. The first kappa shape index (κ1) is 17.7. The minimum atomic E-state index is -0.102. The van der Waals surface area contributed by atoms with Gasteiger partial charge >= 0.3 is 0 Å². The summed E-state index contributed by atoms with van der Waals surface area (Å²) in [6, 6.07) is 13.2. The van der Waals surface area contributed by atoms with Crippen molar-refractivity contribution in [3.05, 3.63) is 58.1 Å². The minimum absolute atomic E-state index is 0.00711. The Kier molecular flexibility index (Phi) is 5.25. The summed E-state index contributed by atoms with van der Waals surface area (Å²) < 4.78 is 6.45. The van der Waals surface area contributed by atoms with E-state index in [1.165, 1.54) is 0 Å². The Morgan fingerprint density at radius 2 is 2.08 bits per heavy atom. The normalized spacial score (nSPS) is 12.2. The zero-order valence-electron chi connectivity index (χ0n) is 14.3. The van der Waals surface area contributed by atoms with E-state index in [1.54, 1.807) is 48.6 Å². The summed E-state index contributed by atoms with van der Waals surface area (Å²) in [5.74, 6) is 0.658. The quantitative estimate of drug-likeness (QED) is 0.648. The van der Waals surface area contributed by atoms with Crippen molar-refractivity contribution in [2.45, 2.75) is 19.4 Å². The maximum atomic E-state index is 12.7. The van der Waals surface area contributed by atoms with Crippen LogP contribution in [0, 0.1) is 0 Å². The average molecular weight is 375 g/mol. The number of aromatic nitrogens is 1. The highest BCUT2D eigenvalue weighted by atomic mass is 35.5. The fourth-order valence-corrected chi connectivity index (χ4v) is 3.88. The molecule has 0 radical (unpaired) electrons. The number of likely N-dealkylation sites (N-methyl/N-ethyl adjacent to an activating group) is 1. The molecule has 0 N–H and O–H groups in total. The van der Waals surface area contributed by atoms with Crippen molar-refractivity contribution in [1.82, 2.24) is 9.88 Å². The van der Waals surface area contributed by atoms with Gasteiger partial charge in [0.1, 0.15) is 10.8 Å². The van der Waals surface area contributed by atoms with E-state index in [4.69, 9.17) is 16.3 Å². The maximum absolute atomic E-state index is 12.7. The van der Waals surface area contributed by atoms with E-state index in [0.717, 1.165) is 20.8 Å². The molecule has 0 fully saturated rings. The van der Waals surface area contributed by atoms with E-state index in [0.29, 0.717) is 10.8 Å². The maximum Gasteiger partial charge on any atom is 0.227 e. The SMILES string of the molecule is COc1ccc(Cl)cc1CC(=O)N(C)[C@@H](C)c1nc2ccccc2s1. The Labute approximate surface area is 156 Å². The van der Waals surface area contributed by atoms with Gasteiger partial charge in [0.25, 0.3) is 0 Å². The largest absolute Gasteiger partial charge is 0.496 e. The van der Waals surface area contributed by atoms with Crippen molar-refractivity contribution in [2.75, 3.05) is 14.2 Å². The fourth-order valence-electron chi connectivity index (χ4n) is 2.62. The summed E-state index contributed by atoms with van der Waals surface area (Å²) in [7, 11) is 3.39. The number of hydrogen-bond donors (Lipinski definition) is 0. The fraction of sp³-hybridized carbons (Fsp3) is 0.263. The van der Waals surface area contributed by atoms with Crippen LogP contribution in [-0.2, 0) is 11.2 Å². The number of hydrogen-bond acceptors (Lipinski definition) is 4. The molecule has 0 unspecified atom stereocenters. The molecule has 0 aliphatic carbocycles. The Hall–Kier alpha value is -2.11. The Morgan fingerprint density at radius 1 is 1.32 bits per heavy atom. The number of nitrogens with zero attached hydrogens (tertiary/aromatic N) is 2. The van der Waals surface area contributed by atoms with Crippen LogP contribution in [0.2, 0.25) is 5.02 Å². The van der Waals surface area contributed by atoms with Crippen LogP contribution in [0.3, 0.4) is 0 Å². The Morgan fingerprint density at radius 3 is 2.80 bits per heavy atom. The van der Waals surface area contributed by atoms with Crippen LogP contribution < -0.4 is 4.74 Å². The van der Waals surface area contributed by atoms with Crippen molar-refractivity contribution < 1.29 is 9.53 Å². The molecule has 130 valence electrons. The van der Waals surface area contributed by atoms with Crippen LogP contribution >= 0.6 is 22.9 Å². The Bertz CT molecular complexity index is 876. The number of ether oxygens (including phenoxy) is 1. The zero-order valence-corrected chi connectivity index (χ0v) is 15.9. The topological polar surface area (TPSA) is 42.4 Å². The number of carbonyl (C=O) groups excluding carboxylic acids is 1. The smallest absolute Gasteiger partial charge is 0.227 e. The van der Waals surface area contributed by atoms with Crippen molar-refractivity contribution in [3.8, 4) is 5.75 Å². The van der Waals surface area contributed by atoms with Gasteiger partial charge in [-0.15, -0.1) is 11.3 Å². The highest BCUT2D eigenvalue weighted by Gasteiger charge is 2.22. The summed E-state index contributed by atoms with van der Waals surface area (Å²) in [5.41, 5.74) is 1.75. The molecule has 0 saturated heterocycles. The molecule has 1 amide bonds. The number of halogens is 1. The molecule has 3 aromatic rings. The first-order valence-electron chi connectivity index (χ1n) is 7.93. The zero-order chi connectivity index (χ0) is 18.0. The Balaban J connectivity index is 1.78. The number of amides is 1. The second-order valence-electron chi connectivity index (χ2n) is 5.83. The third-order valence-corrected chi connectivity index (χ3v) is 5.67. The van der Waals surface area contributed by atoms with Gasteiger partial charge in [-0.3, -0.25) is 4.79 Å². The van der Waals surface area contributed by atoms with Gasteiger partial charge < -0.3 is 9.64 Å². The third-order valence-electron chi connectivity index (χ3n) is 4.23. The van der Waals surface area contributed by atoms with Crippen molar-refractivity contribution in [1.29, 1.82) is 0 Å². The van der Waals surface area contributed by atoms with Gasteiger partial charge in [0.05, 0.1) is 29.8 Å². The highest BCUT2D eigenvalue weighted by Crippen LogP contribution is 2.30. The van der Waals surface area contributed by atoms with Gasteiger partial charge in [-0.25, -0.2) is 4.98 Å². The lowest BCUT2D eigenvalue weighted by Gasteiger charge is -2.23. The molecule has 2 aromatic carbocycles. The summed E-state index contributed by atoms with van der Waals surface area (Å²) in [4.78, 5) is 19.1. The number of carbonyl (C=O) groups is 1. The first-order valence-corrected chi connectivity index (χ1v) is 9.12. The van der Waals surface area contributed by atoms with Gasteiger partial charge in [-0.1, -0.05) is 23.7 Å². The predicted octanol–water partition coefficient (Wildman–Crippen LogP) is 4.72. The number of methoxy groups -OCH3 is 1. The predicted molar refractivity (Wildman–Crippen MR) is 103 cm³/mol. The monoisotopic (exact) mass is 374 g/mol. The standard InChI is InChI=1S/C19H19ClN2O2S/c1-12(19-21-15-6-4-5-7-17(15)25-19)22(2)18(23)11-13-10-14(20)8-9-16(13)24-3/h4-10,12H,11H2,1-3H3/t12-/m0/s1. The molecule has 1 atom stereocenters. The minimum Gasteiger partial charge on any atom is -0.496 e. The summed E-state index contributed by atoms with van der Waals surface area (Å²) in [6.45, 7) is 1.99. The van der Waals surface area contributed by atoms with Crippen LogP contribution in [-0.4, -0.2) is 29.9 Å².